The van der Waals surface area contributed by atoms with Crippen molar-refractivity contribution in [3.05, 3.63) is 41.5 Å². The molecule has 7 heteroatoms. The van der Waals surface area contributed by atoms with Gasteiger partial charge in [0.15, 0.2) is 12.4 Å². The molecule has 1 aromatic heterocycles. The van der Waals surface area contributed by atoms with Crippen LogP contribution in [-0.2, 0) is 6.61 Å². The highest BCUT2D eigenvalue weighted by atomic mass is 16.5. The molecule has 0 radical (unpaired) electrons. The zero-order valence-corrected chi connectivity index (χ0v) is 16.4. The number of rotatable bonds is 5. The Balaban J connectivity index is 1.27. The van der Waals surface area contributed by atoms with Crippen molar-refractivity contribution in [2.75, 3.05) is 13.1 Å². The molecule has 1 atom stereocenters. The number of carbonyl (C=O) groups excluding carboxylic acids is 1. The Labute approximate surface area is 165 Å². The minimum atomic E-state index is 0.0424. The van der Waals surface area contributed by atoms with Crippen LogP contribution in [0.15, 0.2) is 28.8 Å². The van der Waals surface area contributed by atoms with Gasteiger partial charge in [-0.1, -0.05) is 42.1 Å². The molecule has 1 saturated carbocycles. The third-order valence-corrected chi connectivity index (χ3v) is 5.64. The highest BCUT2D eigenvalue weighted by Gasteiger charge is 2.31. The molecule has 7 nitrogen and oxygen atoms in total. The van der Waals surface area contributed by atoms with Gasteiger partial charge < -0.3 is 19.5 Å². The molecule has 1 N–H and O–H groups in total. The summed E-state index contributed by atoms with van der Waals surface area (Å²) in [6.45, 7) is 3.65. The van der Waals surface area contributed by atoms with Gasteiger partial charge in [0, 0.05) is 25.0 Å². The summed E-state index contributed by atoms with van der Waals surface area (Å²) in [7, 11) is 0. The number of nitrogens with one attached hydrogen (secondary N) is 1. The number of urea groups is 1. The van der Waals surface area contributed by atoms with Crippen molar-refractivity contribution in [3.63, 3.8) is 0 Å². The molecule has 0 bridgehead atoms. The van der Waals surface area contributed by atoms with Crippen LogP contribution in [0.25, 0.3) is 0 Å². The Bertz CT molecular complexity index is 783. The quantitative estimate of drug-likeness (QED) is 0.848. The number of nitrogens with zero attached hydrogens (tertiary/aromatic N) is 3. The van der Waals surface area contributed by atoms with Crippen LogP contribution in [0.5, 0.6) is 5.75 Å². The van der Waals surface area contributed by atoms with E-state index in [1.807, 2.05) is 36.1 Å². The van der Waals surface area contributed by atoms with Crippen LogP contribution in [-0.4, -0.2) is 40.2 Å². The van der Waals surface area contributed by atoms with E-state index in [0.717, 1.165) is 31.6 Å². The second kappa shape index (κ2) is 8.63. The molecule has 2 amide bonds. The number of carbonyl (C=O) groups is 1. The molecule has 2 fully saturated rings. The third-order valence-electron chi connectivity index (χ3n) is 5.64. The number of aryl methyl sites for hydroxylation is 1. The zero-order chi connectivity index (χ0) is 19.3. The second-order valence-corrected chi connectivity index (χ2v) is 7.86. The average molecular weight is 384 g/mol. The van der Waals surface area contributed by atoms with Gasteiger partial charge in [0.1, 0.15) is 5.75 Å². The first-order valence-electron chi connectivity index (χ1n) is 10.2. The Morgan fingerprint density at radius 3 is 2.79 bits per heavy atom. The summed E-state index contributed by atoms with van der Waals surface area (Å²) < 4.78 is 11.0. The van der Waals surface area contributed by atoms with E-state index in [1.165, 1.54) is 24.8 Å². The van der Waals surface area contributed by atoms with Gasteiger partial charge in [-0.05, 0) is 38.3 Å². The van der Waals surface area contributed by atoms with Gasteiger partial charge in [-0.15, -0.1) is 0 Å². The van der Waals surface area contributed by atoms with Crippen LogP contribution in [0, 0.1) is 6.92 Å². The summed E-state index contributed by atoms with van der Waals surface area (Å²) in [6, 6.07) is 8.22. The van der Waals surface area contributed by atoms with E-state index in [9.17, 15) is 4.79 Å². The van der Waals surface area contributed by atoms with Gasteiger partial charge in [-0.25, -0.2) is 4.79 Å². The van der Waals surface area contributed by atoms with Gasteiger partial charge in [0.2, 0.25) is 0 Å². The number of hydrogen-bond donors (Lipinski definition) is 1. The topological polar surface area (TPSA) is 80.5 Å². The van der Waals surface area contributed by atoms with E-state index in [2.05, 4.69) is 15.5 Å². The van der Waals surface area contributed by atoms with Gasteiger partial charge in [-0.2, -0.15) is 4.98 Å². The number of likely N-dealkylation sites (tertiary alicyclic amines) is 1. The molecule has 0 spiro atoms. The lowest BCUT2D eigenvalue weighted by Gasteiger charge is -2.26. The summed E-state index contributed by atoms with van der Waals surface area (Å²) >= 11 is 0. The normalized spacial score (nSPS) is 20.3. The number of ether oxygens (including phenoxy) is 1. The molecule has 150 valence electrons. The van der Waals surface area contributed by atoms with Crippen molar-refractivity contribution in [2.24, 2.45) is 0 Å². The SMILES string of the molecule is Cc1ccc(OCc2nc(C3CCN(C(=O)NC4CCCCC4)C3)no2)cc1. The lowest BCUT2D eigenvalue weighted by Crippen LogP contribution is -2.44. The molecule has 1 saturated heterocycles. The van der Waals surface area contributed by atoms with Gasteiger partial charge in [0.25, 0.3) is 5.89 Å². The van der Waals surface area contributed by atoms with E-state index in [0.29, 0.717) is 24.3 Å². The third kappa shape index (κ3) is 4.64. The molecule has 1 aliphatic heterocycles. The fourth-order valence-electron chi connectivity index (χ4n) is 3.94. The van der Waals surface area contributed by atoms with Crippen LogP contribution in [0.2, 0.25) is 0 Å². The van der Waals surface area contributed by atoms with E-state index in [-0.39, 0.29) is 18.6 Å². The molecule has 2 aromatic rings. The van der Waals surface area contributed by atoms with Crippen LogP contribution in [0.4, 0.5) is 4.79 Å². The molecular weight excluding hydrogens is 356 g/mol. The smallest absolute Gasteiger partial charge is 0.317 e. The number of aromatic nitrogens is 2. The van der Waals surface area contributed by atoms with Gasteiger partial charge >= 0.3 is 6.03 Å². The highest BCUT2D eigenvalue weighted by molar-refractivity contribution is 5.75. The van der Waals surface area contributed by atoms with Crippen molar-refractivity contribution in [3.8, 4) is 5.75 Å². The molecule has 1 aliphatic carbocycles. The Morgan fingerprint density at radius 2 is 2.00 bits per heavy atom. The van der Waals surface area contributed by atoms with Crippen molar-refractivity contribution < 1.29 is 14.1 Å². The van der Waals surface area contributed by atoms with Crippen LogP contribution < -0.4 is 10.1 Å². The summed E-state index contributed by atoms with van der Waals surface area (Å²) in [4.78, 5) is 18.9. The molecule has 28 heavy (non-hydrogen) atoms. The molecule has 2 heterocycles. The summed E-state index contributed by atoms with van der Waals surface area (Å²) in [5.74, 6) is 2.02. The van der Waals surface area contributed by atoms with Crippen molar-refractivity contribution in [1.29, 1.82) is 0 Å². The minimum absolute atomic E-state index is 0.0424. The van der Waals surface area contributed by atoms with E-state index in [4.69, 9.17) is 9.26 Å². The van der Waals surface area contributed by atoms with Crippen LogP contribution in [0.1, 0.15) is 61.7 Å². The van der Waals surface area contributed by atoms with Crippen LogP contribution in [0.3, 0.4) is 0 Å². The summed E-state index contributed by atoms with van der Waals surface area (Å²) in [5, 5.41) is 7.29. The number of benzene rings is 1. The Kier molecular flexibility index (Phi) is 5.78. The van der Waals surface area contributed by atoms with E-state index >= 15 is 0 Å². The lowest BCUT2D eigenvalue weighted by molar-refractivity contribution is 0.200. The van der Waals surface area contributed by atoms with Gasteiger partial charge in [-0.3, -0.25) is 0 Å². The maximum atomic E-state index is 12.5. The average Bonchev–Trinajstić information content (AvgIpc) is 3.38. The first-order valence-corrected chi connectivity index (χ1v) is 10.2. The van der Waals surface area contributed by atoms with Crippen molar-refractivity contribution >= 4 is 6.03 Å². The molecule has 1 unspecified atom stereocenters. The van der Waals surface area contributed by atoms with Gasteiger partial charge in [0.05, 0.1) is 0 Å². The summed E-state index contributed by atoms with van der Waals surface area (Å²) in [6.07, 6.45) is 6.76. The number of hydrogen-bond acceptors (Lipinski definition) is 5. The predicted molar refractivity (Wildman–Crippen MR) is 104 cm³/mol. The number of amides is 2. The standard InChI is InChI=1S/C21H28N4O3/c1-15-7-9-18(10-8-15)27-14-19-23-20(24-28-19)16-11-12-25(13-16)21(26)22-17-5-3-2-4-6-17/h7-10,16-17H,2-6,11-14H2,1H3,(H,22,26). The van der Waals surface area contributed by atoms with E-state index < -0.39 is 0 Å². The first-order chi connectivity index (χ1) is 13.7. The largest absolute Gasteiger partial charge is 0.484 e. The van der Waals surface area contributed by atoms with Crippen molar-refractivity contribution in [2.45, 2.75) is 64.0 Å². The fraction of sp³-hybridized carbons (Fsp3) is 0.571. The lowest BCUT2D eigenvalue weighted by atomic mass is 9.96. The highest BCUT2D eigenvalue weighted by Crippen LogP contribution is 2.26. The fourth-order valence-corrected chi connectivity index (χ4v) is 3.94. The minimum Gasteiger partial charge on any atom is -0.484 e. The predicted octanol–water partition coefficient (Wildman–Crippen LogP) is 3.79. The maximum Gasteiger partial charge on any atom is 0.317 e. The maximum absolute atomic E-state index is 12.5. The molecule has 2 aliphatic rings. The van der Waals surface area contributed by atoms with E-state index in [1.54, 1.807) is 0 Å². The monoisotopic (exact) mass is 384 g/mol. The second-order valence-electron chi connectivity index (χ2n) is 7.86. The van der Waals surface area contributed by atoms with Crippen LogP contribution >= 0.6 is 0 Å². The molecule has 4 rings (SSSR count). The molecule has 1 aromatic carbocycles. The van der Waals surface area contributed by atoms with Crippen molar-refractivity contribution in [1.82, 2.24) is 20.4 Å². The zero-order valence-electron chi connectivity index (χ0n) is 16.4. The Hall–Kier alpha value is -2.57. The molecular formula is C21H28N4O3. The first kappa shape index (κ1) is 18.8. The Morgan fingerprint density at radius 1 is 1.21 bits per heavy atom. The summed E-state index contributed by atoms with van der Waals surface area (Å²) in [5.41, 5.74) is 1.19.